The largest absolute Gasteiger partial charge is 0.294 e. The Morgan fingerprint density at radius 1 is 1.05 bits per heavy atom. The molecule has 0 atom stereocenters. The van der Waals surface area contributed by atoms with Gasteiger partial charge in [-0.1, -0.05) is 30.3 Å². The maximum absolute atomic E-state index is 12.1. The third-order valence-corrected chi connectivity index (χ3v) is 4.11. The maximum Gasteiger partial charge on any atom is 0.261 e. The Labute approximate surface area is 118 Å². The van der Waals surface area contributed by atoms with E-state index in [0.29, 0.717) is 11.3 Å². The molecule has 4 nitrogen and oxygen atoms in total. The molecular formula is C15H14NO3S. The van der Waals surface area contributed by atoms with E-state index in [1.54, 1.807) is 36.4 Å². The van der Waals surface area contributed by atoms with Crippen molar-refractivity contribution in [1.82, 2.24) is 0 Å². The molecule has 0 aliphatic carbocycles. The summed E-state index contributed by atoms with van der Waals surface area (Å²) >= 11 is 0. The van der Waals surface area contributed by atoms with E-state index < -0.39 is 10.0 Å². The van der Waals surface area contributed by atoms with Gasteiger partial charge in [0.05, 0.1) is 4.90 Å². The molecule has 1 N–H and O–H groups in total. The van der Waals surface area contributed by atoms with Gasteiger partial charge in [0.2, 0.25) is 0 Å². The number of ketones is 1. The molecule has 0 saturated heterocycles. The fourth-order valence-electron chi connectivity index (χ4n) is 1.71. The molecule has 2 aromatic rings. The number of carbonyl (C=O) groups is 1. The second kappa shape index (κ2) is 5.88. The number of carbonyl (C=O) groups excluding carboxylic acids is 1. The molecule has 0 aromatic heterocycles. The quantitative estimate of drug-likeness (QED) is 0.860. The molecule has 0 fully saturated rings. The fourth-order valence-corrected chi connectivity index (χ4v) is 2.78. The highest BCUT2D eigenvalue weighted by Gasteiger charge is 2.14. The molecule has 0 bridgehead atoms. The van der Waals surface area contributed by atoms with Gasteiger partial charge in [0.15, 0.2) is 5.78 Å². The van der Waals surface area contributed by atoms with Crippen molar-refractivity contribution < 1.29 is 13.2 Å². The van der Waals surface area contributed by atoms with Crippen molar-refractivity contribution in [3.63, 3.8) is 0 Å². The number of sulfonamides is 1. The van der Waals surface area contributed by atoms with Gasteiger partial charge in [0.25, 0.3) is 10.0 Å². The second-order valence-electron chi connectivity index (χ2n) is 4.17. The minimum absolute atomic E-state index is 0.134. The summed E-state index contributed by atoms with van der Waals surface area (Å²) < 4.78 is 26.7. The van der Waals surface area contributed by atoms with Gasteiger partial charge in [-0.2, -0.15) is 0 Å². The van der Waals surface area contributed by atoms with Crippen LogP contribution in [0.1, 0.15) is 16.8 Å². The molecular weight excluding hydrogens is 274 g/mol. The Hall–Kier alpha value is -2.14. The van der Waals surface area contributed by atoms with Crippen LogP contribution in [-0.4, -0.2) is 14.2 Å². The van der Waals surface area contributed by atoms with Crippen molar-refractivity contribution in [1.29, 1.82) is 0 Å². The number of Topliss-reactive ketones (excluding diaryl/α,β-unsaturated/α-hetero) is 1. The van der Waals surface area contributed by atoms with Gasteiger partial charge in [-0.15, -0.1) is 0 Å². The maximum atomic E-state index is 12.1. The van der Waals surface area contributed by atoms with Crippen molar-refractivity contribution in [3.8, 4) is 0 Å². The second-order valence-corrected chi connectivity index (χ2v) is 5.85. The number of anilines is 1. The van der Waals surface area contributed by atoms with Crippen molar-refractivity contribution in [2.75, 3.05) is 4.72 Å². The zero-order chi connectivity index (χ0) is 14.6. The lowest BCUT2D eigenvalue weighted by atomic mass is 10.1. The average Bonchev–Trinajstić information content (AvgIpc) is 2.47. The van der Waals surface area contributed by atoms with Crippen LogP contribution >= 0.6 is 0 Å². The third kappa shape index (κ3) is 3.24. The minimum Gasteiger partial charge on any atom is -0.294 e. The van der Waals surface area contributed by atoms with Crippen molar-refractivity contribution in [2.24, 2.45) is 0 Å². The van der Waals surface area contributed by atoms with Crippen LogP contribution in [0.3, 0.4) is 0 Å². The van der Waals surface area contributed by atoms with Gasteiger partial charge >= 0.3 is 0 Å². The van der Waals surface area contributed by atoms with Crippen molar-refractivity contribution in [2.45, 2.75) is 11.3 Å². The third-order valence-electron chi connectivity index (χ3n) is 2.72. The lowest BCUT2D eigenvalue weighted by Gasteiger charge is -2.09. The van der Waals surface area contributed by atoms with E-state index in [4.69, 9.17) is 0 Å². The zero-order valence-corrected chi connectivity index (χ0v) is 11.6. The first-order chi connectivity index (χ1) is 9.53. The van der Waals surface area contributed by atoms with E-state index in [9.17, 15) is 13.2 Å². The monoisotopic (exact) mass is 288 g/mol. The van der Waals surface area contributed by atoms with Crippen LogP contribution < -0.4 is 4.72 Å². The first kappa shape index (κ1) is 14.3. The number of hydrogen-bond donors (Lipinski definition) is 1. The fraction of sp³-hybridized carbons (Fsp3) is 0.0667. The van der Waals surface area contributed by atoms with Gasteiger partial charge in [0.1, 0.15) is 0 Å². The molecule has 0 aliphatic heterocycles. The number of rotatable bonds is 5. The Balaban J connectivity index is 2.29. The van der Waals surface area contributed by atoms with Crippen molar-refractivity contribution >= 4 is 21.5 Å². The summed E-state index contributed by atoms with van der Waals surface area (Å²) in [4.78, 5) is 11.7. The van der Waals surface area contributed by atoms with Gasteiger partial charge in [-0.25, -0.2) is 8.42 Å². The van der Waals surface area contributed by atoms with E-state index in [1.165, 1.54) is 18.2 Å². The van der Waals surface area contributed by atoms with Crippen LogP contribution in [0.15, 0.2) is 59.5 Å². The SMILES string of the molecule is [CH2]CC(=O)c1cccc(NS(=O)(=O)c2ccccc2)c1. The molecule has 0 heterocycles. The molecule has 0 spiro atoms. The Morgan fingerprint density at radius 3 is 2.40 bits per heavy atom. The Bertz CT molecular complexity index is 709. The van der Waals surface area contributed by atoms with Crippen LogP contribution in [0.25, 0.3) is 0 Å². The summed E-state index contributed by atoms with van der Waals surface area (Å²) in [5, 5.41) is 0. The van der Waals surface area contributed by atoms with Gasteiger partial charge in [0, 0.05) is 17.7 Å². The highest BCUT2D eigenvalue weighted by Crippen LogP contribution is 2.17. The van der Waals surface area contributed by atoms with Crippen LogP contribution in [-0.2, 0) is 10.0 Å². The zero-order valence-electron chi connectivity index (χ0n) is 10.7. The smallest absolute Gasteiger partial charge is 0.261 e. The topological polar surface area (TPSA) is 63.2 Å². The average molecular weight is 288 g/mol. The summed E-state index contributed by atoms with van der Waals surface area (Å²) in [6, 6.07) is 14.4. The van der Waals surface area contributed by atoms with E-state index in [-0.39, 0.29) is 17.1 Å². The van der Waals surface area contributed by atoms with E-state index in [0.717, 1.165) is 0 Å². The number of nitrogens with one attached hydrogen (secondary N) is 1. The molecule has 0 amide bonds. The van der Waals surface area contributed by atoms with E-state index in [2.05, 4.69) is 11.6 Å². The number of hydrogen-bond acceptors (Lipinski definition) is 3. The molecule has 1 radical (unpaired) electrons. The molecule has 5 heteroatoms. The summed E-state index contributed by atoms with van der Waals surface area (Å²) in [5.41, 5.74) is 0.793. The summed E-state index contributed by atoms with van der Waals surface area (Å²) in [7, 11) is -3.64. The summed E-state index contributed by atoms with van der Waals surface area (Å²) in [6.07, 6.45) is 0.134. The van der Waals surface area contributed by atoms with Crippen LogP contribution in [0.2, 0.25) is 0 Å². The van der Waals surface area contributed by atoms with E-state index in [1.807, 2.05) is 0 Å². The van der Waals surface area contributed by atoms with Crippen LogP contribution in [0, 0.1) is 6.92 Å². The van der Waals surface area contributed by atoms with Crippen LogP contribution in [0.4, 0.5) is 5.69 Å². The predicted octanol–water partition coefficient (Wildman–Crippen LogP) is 2.89. The standard InChI is InChI=1S/C15H14NO3S/c1-2-15(17)12-7-6-8-13(11-12)16-20(18,19)14-9-4-3-5-10-14/h3-11,16H,1-2H2. The molecule has 2 rings (SSSR count). The van der Waals surface area contributed by atoms with Crippen LogP contribution in [0.5, 0.6) is 0 Å². The lowest BCUT2D eigenvalue weighted by Crippen LogP contribution is -2.13. The highest BCUT2D eigenvalue weighted by atomic mass is 32.2. The van der Waals surface area contributed by atoms with Gasteiger partial charge in [-0.05, 0) is 31.2 Å². The highest BCUT2D eigenvalue weighted by molar-refractivity contribution is 7.92. The molecule has 20 heavy (non-hydrogen) atoms. The number of benzene rings is 2. The van der Waals surface area contributed by atoms with Gasteiger partial charge < -0.3 is 0 Å². The predicted molar refractivity (Wildman–Crippen MR) is 78.0 cm³/mol. The normalized spacial score (nSPS) is 11.1. The lowest BCUT2D eigenvalue weighted by molar-refractivity contribution is 0.0995. The first-order valence-electron chi connectivity index (χ1n) is 6.03. The molecule has 0 unspecified atom stereocenters. The summed E-state index contributed by atoms with van der Waals surface area (Å²) in [5.74, 6) is -0.134. The first-order valence-corrected chi connectivity index (χ1v) is 7.51. The van der Waals surface area contributed by atoms with Crippen molar-refractivity contribution in [3.05, 3.63) is 67.1 Å². The minimum atomic E-state index is -3.64. The Morgan fingerprint density at radius 2 is 1.75 bits per heavy atom. The summed E-state index contributed by atoms with van der Waals surface area (Å²) in [6.45, 7) is 3.53. The molecule has 2 aromatic carbocycles. The molecule has 0 aliphatic rings. The van der Waals surface area contributed by atoms with Gasteiger partial charge in [-0.3, -0.25) is 9.52 Å². The molecule has 103 valence electrons. The van der Waals surface area contributed by atoms with E-state index >= 15 is 0 Å². The Kier molecular flexibility index (Phi) is 4.20. The molecule has 0 saturated carbocycles.